The number of carbonyl (C=O) groups excluding carboxylic acids is 2. The minimum atomic E-state index is -4.68. The average molecular weight is 435 g/mol. The fourth-order valence-electron chi connectivity index (χ4n) is 2.35. The molecule has 0 spiro atoms. The number of amides is 1. The minimum absolute atomic E-state index is 0.134. The number of para-hydroxylation sites is 1. The minimum Gasteiger partial charge on any atom is -0.326 e. The van der Waals surface area contributed by atoms with Crippen molar-refractivity contribution >= 4 is 38.9 Å². The first kappa shape index (κ1) is 22.7. The molecule has 0 radical (unpaired) electrons. The van der Waals surface area contributed by atoms with Gasteiger partial charge in [-0.1, -0.05) is 18.2 Å². The number of nitrogens with one attached hydrogen (secondary N) is 1. The summed E-state index contributed by atoms with van der Waals surface area (Å²) in [4.78, 5) is 33.9. The number of Topliss-reactive ketones (excluding diaryl/α,β-unsaturated/α-hetero) is 1. The summed E-state index contributed by atoms with van der Waals surface area (Å²) in [5.74, 6) is -1.51. The van der Waals surface area contributed by atoms with Crippen LogP contribution in [0.25, 0.3) is 0 Å². The van der Waals surface area contributed by atoms with E-state index in [-0.39, 0.29) is 6.54 Å². The summed E-state index contributed by atoms with van der Waals surface area (Å²) in [6.07, 6.45) is 0. The fourth-order valence-corrected chi connectivity index (χ4v) is 2.85. The van der Waals surface area contributed by atoms with Crippen LogP contribution in [0.3, 0.4) is 0 Å². The van der Waals surface area contributed by atoms with Crippen molar-refractivity contribution in [3.05, 3.63) is 58.1 Å². The number of nitro benzene ring substituents is 1. The lowest BCUT2D eigenvalue weighted by molar-refractivity contribution is -0.384. The predicted molar refractivity (Wildman–Crippen MR) is 105 cm³/mol. The molecule has 0 aliphatic heterocycles. The smallest absolute Gasteiger partial charge is 0.298 e. The van der Waals surface area contributed by atoms with Crippen LogP contribution in [-0.2, 0) is 26.3 Å². The molecule has 0 aliphatic carbocycles. The van der Waals surface area contributed by atoms with Crippen LogP contribution in [0.15, 0.2) is 57.6 Å². The normalized spacial score (nSPS) is 12.5. The highest BCUT2D eigenvalue weighted by Gasteiger charge is 2.25. The van der Waals surface area contributed by atoms with Gasteiger partial charge in [0.15, 0.2) is 11.5 Å². The Kier molecular flexibility index (Phi) is 7.05. The monoisotopic (exact) mass is 435 g/mol. The van der Waals surface area contributed by atoms with E-state index in [0.717, 1.165) is 19.1 Å². The van der Waals surface area contributed by atoms with Crippen LogP contribution in [0, 0.1) is 10.1 Å². The third kappa shape index (κ3) is 5.50. The molecule has 1 amide bonds. The molecule has 0 bridgehead atoms. The van der Waals surface area contributed by atoms with Crippen molar-refractivity contribution in [3.63, 3.8) is 0 Å². The second kappa shape index (κ2) is 9.30. The molecule has 0 saturated heterocycles. The Morgan fingerprint density at radius 3 is 2.50 bits per heavy atom. The standard InChI is InChI=1S/C17H17N5O7S/c1-10(23)16(17(24)19-13-5-3-2-4-11(13)9-18)21-20-14-7-6-12(30(27,28)29)8-15(14)22(25)26/h2-8,16H,9,18H2,1H3,(H,19,24)(H,27,28,29). The zero-order chi connectivity index (χ0) is 22.5. The van der Waals surface area contributed by atoms with Gasteiger partial charge in [0.25, 0.3) is 21.7 Å². The van der Waals surface area contributed by atoms with Gasteiger partial charge in [-0.05, 0) is 30.7 Å². The maximum Gasteiger partial charge on any atom is 0.298 e. The number of azo groups is 1. The molecule has 1 unspecified atom stereocenters. The summed E-state index contributed by atoms with van der Waals surface area (Å²) >= 11 is 0. The molecule has 0 aromatic heterocycles. The Morgan fingerprint density at radius 2 is 1.93 bits per heavy atom. The van der Waals surface area contributed by atoms with E-state index in [1.54, 1.807) is 24.3 Å². The van der Waals surface area contributed by atoms with Crippen molar-refractivity contribution in [3.8, 4) is 0 Å². The average Bonchev–Trinajstić information content (AvgIpc) is 2.67. The van der Waals surface area contributed by atoms with Crippen molar-refractivity contribution in [1.29, 1.82) is 0 Å². The number of benzene rings is 2. The molecule has 0 saturated carbocycles. The van der Waals surface area contributed by atoms with E-state index in [0.29, 0.717) is 17.3 Å². The zero-order valence-electron chi connectivity index (χ0n) is 15.5. The summed E-state index contributed by atoms with van der Waals surface area (Å²) < 4.78 is 31.3. The fraction of sp³-hybridized carbons (Fsp3) is 0.176. The van der Waals surface area contributed by atoms with E-state index >= 15 is 0 Å². The summed E-state index contributed by atoms with van der Waals surface area (Å²) in [5.41, 5.74) is 5.39. The lowest BCUT2D eigenvalue weighted by Crippen LogP contribution is -2.32. The van der Waals surface area contributed by atoms with Gasteiger partial charge >= 0.3 is 0 Å². The van der Waals surface area contributed by atoms with Gasteiger partial charge in [-0.25, -0.2) is 0 Å². The van der Waals surface area contributed by atoms with Crippen LogP contribution >= 0.6 is 0 Å². The number of nitrogens with two attached hydrogens (primary N) is 1. The zero-order valence-corrected chi connectivity index (χ0v) is 16.4. The third-order valence-corrected chi connectivity index (χ3v) is 4.70. The number of nitrogens with zero attached hydrogens (tertiary/aromatic N) is 3. The molecule has 2 aromatic rings. The Bertz CT molecular complexity index is 1130. The lowest BCUT2D eigenvalue weighted by Gasteiger charge is -2.12. The highest BCUT2D eigenvalue weighted by atomic mass is 32.2. The maximum atomic E-state index is 12.5. The summed E-state index contributed by atoms with van der Waals surface area (Å²) in [6, 6.07) is 7.39. The number of rotatable bonds is 8. The molecular formula is C17H17N5O7S. The van der Waals surface area contributed by atoms with E-state index < -0.39 is 49.0 Å². The first-order chi connectivity index (χ1) is 14.0. The van der Waals surface area contributed by atoms with E-state index in [9.17, 15) is 28.1 Å². The van der Waals surface area contributed by atoms with E-state index in [2.05, 4.69) is 15.5 Å². The van der Waals surface area contributed by atoms with Crippen molar-refractivity contribution in [2.45, 2.75) is 24.4 Å². The van der Waals surface area contributed by atoms with Crippen LogP contribution in [0.4, 0.5) is 17.1 Å². The van der Waals surface area contributed by atoms with Crippen molar-refractivity contribution in [2.24, 2.45) is 16.0 Å². The number of anilines is 1. The topological polar surface area (TPSA) is 194 Å². The van der Waals surface area contributed by atoms with Crippen molar-refractivity contribution in [2.75, 3.05) is 5.32 Å². The number of nitro groups is 1. The van der Waals surface area contributed by atoms with Crippen molar-refractivity contribution in [1.82, 2.24) is 0 Å². The van der Waals surface area contributed by atoms with Gasteiger partial charge in [0.2, 0.25) is 6.04 Å². The molecule has 30 heavy (non-hydrogen) atoms. The van der Waals surface area contributed by atoms with Crippen LogP contribution in [0.5, 0.6) is 0 Å². The summed E-state index contributed by atoms with van der Waals surface area (Å²) in [7, 11) is -4.68. The van der Waals surface area contributed by atoms with Gasteiger partial charge < -0.3 is 11.1 Å². The number of hydrogen-bond donors (Lipinski definition) is 3. The maximum absolute atomic E-state index is 12.5. The molecule has 158 valence electrons. The first-order valence-electron chi connectivity index (χ1n) is 8.30. The van der Waals surface area contributed by atoms with Crippen LogP contribution < -0.4 is 11.1 Å². The number of hydrogen-bond acceptors (Lipinski definition) is 9. The van der Waals surface area contributed by atoms with Gasteiger partial charge in [-0.2, -0.15) is 13.5 Å². The number of carbonyl (C=O) groups is 2. The largest absolute Gasteiger partial charge is 0.326 e. The quantitative estimate of drug-likeness (QED) is 0.184. The van der Waals surface area contributed by atoms with E-state index in [1.165, 1.54) is 0 Å². The molecule has 2 aromatic carbocycles. The van der Waals surface area contributed by atoms with E-state index in [1.807, 2.05) is 0 Å². The van der Waals surface area contributed by atoms with Crippen LogP contribution in [0.2, 0.25) is 0 Å². The molecule has 2 rings (SSSR count). The first-order valence-corrected chi connectivity index (χ1v) is 9.74. The highest BCUT2D eigenvalue weighted by molar-refractivity contribution is 7.85. The lowest BCUT2D eigenvalue weighted by atomic mass is 10.1. The Labute approximate surface area is 170 Å². The predicted octanol–water partition coefficient (Wildman–Crippen LogP) is 1.98. The Morgan fingerprint density at radius 1 is 1.27 bits per heavy atom. The molecule has 0 aliphatic rings. The molecule has 1 atom stereocenters. The van der Waals surface area contributed by atoms with Crippen LogP contribution in [-0.4, -0.2) is 35.6 Å². The van der Waals surface area contributed by atoms with Gasteiger partial charge in [-0.15, -0.1) is 5.11 Å². The molecule has 12 nitrogen and oxygen atoms in total. The second-order valence-electron chi connectivity index (χ2n) is 5.96. The van der Waals surface area contributed by atoms with Gasteiger partial charge in [-0.3, -0.25) is 24.3 Å². The van der Waals surface area contributed by atoms with Crippen molar-refractivity contribution < 1.29 is 27.5 Å². The van der Waals surface area contributed by atoms with Crippen LogP contribution in [0.1, 0.15) is 12.5 Å². The van der Waals surface area contributed by atoms with Gasteiger partial charge in [0.1, 0.15) is 4.90 Å². The SMILES string of the molecule is CC(=O)C(N=Nc1ccc(S(=O)(=O)O)cc1[N+](=O)[O-])C(=O)Nc1ccccc1CN. The Balaban J connectivity index is 2.36. The third-order valence-electron chi connectivity index (χ3n) is 3.85. The molecule has 0 heterocycles. The molecule has 4 N–H and O–H groups in total. The molecule has 0 fully saturated rings. The summed E-state index contributed by atoms with van der Waals surface area (Å²) in [5, 5.41) is 20.9. The Hall–Kier alpha value is -3.55. The second-order valence-corrected chi connectivity index (χ2v) is 7.38. The molecule has 13 heteroatoms. The highest BCUT2D eigenvalue weighted by Crippen LogP contribution is 2.30. The molecular weight excluding hydrogens is 418 g/mol. The van der Waals surface area contributed by atoms with Gasteiger partial charge in [0.05, 0.1) is 4.92 Å². The number of ketones is 1. The summed E-state index contributed by atoms with van der Waals surface area (Å²) in [6.45, 7) is 1.23. The van der Waals surface area contributed by atoms with E-state index in [4.69, 9.17) is 10.3 Å². The van der Waals surface area contributed by atoms with Gasteiger partial charge in [0, 0.05) is 18.3 Å².